The van der Waals surface area contributed by atoms with Crippen LogP contribution in [0.25, 0.3) is 16.0 Å². The van der Waals surface area contributed by atoms with Gasteiger partial charge in [-0.2, -0.15) is 36.4 Å². The first-order valence-electron chi connectivity index (χ1n) is 15.4. The van der Waals surface area contributed by atoms with Crippen LogP contribution in [0.3, 0.4) is 0 Å². The third-order valence-electron chi connectivity index (χ3n) is 7.48. The molecule has 0 spiro atoms. The van der Waals surface area contributed by atoms with E-state index in [2.05, 4.69) is 121 Å². The Hall–Kier alpha value is -3.23. The average molecular weight is 634 g/mol. The Morgan fingerprint density at radius 2 is 0.955 bits per heavy atom. The van der Waals surface area contributed by atoms with Gasteiger partial charge in [0, 0.05) is 16.5 Å². The number of benzene rings is 4. The summed E-state index contributed by atoms with van der Waals surface area (Å²) < 4.78 is 0. The molecule has 0 amide bonds. The van der Waals surface area contributed by atoms with Gasteiger partial charge < -0.3 is 23.4 Å². The summed E-state index contributed by atoms with van der Waals surface area (Å²) in [5.74, 6) is 1.54. The second-order valence-corrected chi connectivity index (χ2v) is 12.1. The second-order valence-electron chi connectivity index (χ2n) is 12.1. The number of hydrogen-bond acceptors (Lipinski definition) is 0. The van der Waals surface area contributed by atoms with Gasteiger partial charge in [-0.1, -0.05) is 150 Å². The molecule has 0 unspecified atom stereocenters. The molecule has 0 heterocycles. The summed E-state index contributed by atoms with van der Waals surface area (Å²) in [7, 11) is 1.86. The minimum atomic E-state index is -0.248. The maximum absolute atomic E-state index is 5.46. The van der Waals surface area contributed by atoms with E-state index in [1.807, 2.05) is 43.4 Å². The van der Waals surface area contributed by atoms with Crippen molar-refractivity contribution in [1.82, 2.24) is 0 Å². The normalized spacial score (nSPS) is 10.7. The summed E-state index contributed by atoms with van der Waals surface area (Å²) in [5.41, 5.74) is 9.55. The molecule has 0 aliphatic carbocycles. The largest absolute Gasteiger partial charge is 0.696 e. The summed E-state index contributed by atoms with van der Waals surface area (Å²) >= 11 is 0. The Morgan fingerprint density at radius 1 is 0.545 bits per heavy atom. The molecule has 44 heavy (non-hydrogen) atoms. The molecule has 0 aliphatic heterocycles. The second kappa shape index (κ2) is 19.2. The molecule has 0 aromatic heterocycles. The summed E-state index contributed by atoms with van der Waals surface area (Å²) in [4.78, 5) is 0. The molecule has 4 aromatic carbocycles. The molecule has 0 fully saturated rings. The first-order valence-corrected chi connectivity index (χ1v) is 15.4. The number of rotatable bonds is 11. The van der Waals surface area contributed by atoms with E-state index in [0.29, 0.717) is 30.1 Å². The third-order valence-corrected chi connectivity index (χ3v) is 7.48. The molecule has 0 saturated heterocycles. The van der Waals surface area contributed by atoms with Gasteiger partial charge in [-0.3, -0.25) is 0 Å². The van der Waals surface area contributed by atoms with Crippen LogP contribution in [-0.4, -0.2) is 13.2 Å². The number of nitrogens with zero attached hydrogens (tertiary/aromatic N) is 3. The number of hydrogen-bond donors (Lipinski definition) is 0. The number of para-hydroxylation sites is 3. The van der Waals surface area contributed by atoms with Crippen LogP contribution in [0.5, 0.6) is 0 Å². The van der Waals surface area contributed by atoms with Gasteiger partial charge in [0.15, 0.2) is 0 Å². The fraction of sp³-hybridized carbons (Fsp3) is 0.375. The van der Waals surface area contributed by atoms with Gasteiger partial charge in [-0.05, 0) is 23.7 Å². The Labute approximate surface area is 279 Å². The first-order chi connectivity index (χ1) is 20.1. The van der Waals surface area contributed by atoms with Crippen molar-refractivity contribution in [3.05, 3.63) is 148 Å². The van der Waals surface area contributed by atoms with Crippen molar-refractivity contribution in [3.63, 3.8) is 0 Å². The van der Waals surface area contributed by atoms with E-state index in [1.54, 1.807) is 0 Å². The van der Waals surface area contributed by atoms with Crippen molar-refractivity contribution in [2.45, 2.75) is 91.6 Å². The predicted octanol–water partition coefficient (Wildman–Crippen LogP) is 13.0. The monoisotopic (exact) mass is 632 g/mol. The smallest absolute Gasteiger partial charge is 0 e. The van der Waals surface area contributed by atoms with Crippen LogP contribution in [0.2, 0.25) is 0 Å². The van der Waals surface area contributed by atoms with Crippen LogP contribution < -0.4 is 0 Å². The molecule has 242 valence electrons. The van der Waals surface area contributed by atoms with Crippen molar-refractivity contribution in [2.75, 3.05) is 7.05 Å². The molecule has 4 heteroatoms. The molecule has 0 N–H and O–H groups in total. The van der Waals surface area contributed by atoms with Crippen LogP contribution >= 0.6 is 0 Å². The zero-order chi connectivity index (χ0) is 30.6. The molecular weight excluding hydrogens is 581 g/mol. The van der Waals surface area contributed by atoms with Crippen LogP contribution in [0.15, 0.2) is 91.0 Å². The topological polar surface area (TPSA) is 42.3 Å². The Morgan fingerprint density at radius 3 is 1.27 bits per heavy atom. The Bertz CT molecular complexity index is 1220. The summed E-state index contributed by atoms with van der Waals surface area (Å²) in [6.07, 6.45) is 0.462. The van der Waals surface area contributed by atoms with E-state index in [-0.39, 0.29) is 30.1 Å². The van der Waals surface area contributed by atoms with Crippen LogP contribution in [0, 0.1) is 13.5 Å². The van der Waals surface area contributed by atoms with Gasteiger partial charge in [0.2, 0.25) is 0 Å². The van der Waals surface area contributed by atoms with Crippen LogP contribution in [-0.2, 0) is 22.9 Å². The minimum absolute atomic E-state index is 0. The molecule has 3 nitrogen and oxygen atoms in total. The van der Waals surface area contributed by atoms with E-state index in [4.69, 9.17) is 10.6 Å². The minimum Gasteiger partial charge on any atom is -0.696 e. The van der Waals surface area contributed by atoms with Gasteiger partial charge in [0.1, 0.15) is 0 Å². The van der Waals surface area contributed by atoms with E-state index in [1.165, 1.54) is 27.8 Å². The van der Waals surface area contributed by atoms with Gasteiger partial charge in [0.25, 0.3) is 0 Å². The maximum Gasteiger partial charge on any atom is 0 e. The fourth-order valence-corrected chi connectivity index (χ4v) is 5.18. The zero-order valence-corrected chi connectivity index (χ0v) is 29.4. The van der Waals surface area contributed by atoms with Gasteiger partial charge in [-0.15, -0.1) is 24.1 Å². The molecule has 4 aromatic rings. The molecule has 4 rings (SSSR count). The molecule has 0 saturated carbocycles. The quantitative estimate of drug-likeness (QED) is 0.117. The van der Waals surface area contributed by atoms with Crippen molar-refractivity contribution in [3.8, 4) is 0 Å². The van der Waals surface area contributed by atoms with Gasteiger partial charge >= 0.3 is 0 Å². The molecule has 0 radical (unpaired) electrons. The fourth-order valence-electron chi connectivity index (χ4n) is 5.18. The van der Waals surface area contributed by atoms with Gasteiger partial charge in [0.05, 0.1) is 0 Å². The van der Waals surface area contributed by atoms with Crippen LogP contribution in [0.1, 0.15) is 107 Å². The van der Waals surface area contributed by atoms with Crippen LogP contribution in [0.4, 0.5) is 17.1 Å². The van der Waals surface area contributed by atoms with Gasteiger partial charge in [-0.25, -0.2) is 6.17 Å². The molecule has 0 bridgehead atoms. The van der Waals surface area contributed by atoms with Crippen molar-refractivity contribution >= 4 is 17.1 Å². The van der Waals surface area contributed by atoms with Crippen molar-refractivity contribution < 1.29 is 16.5 Å². The average Bonchev–Trinajstić information content (AvgIpc) is 2.98. The first kappa shape index (κ1) is 38.8. The van der Waals surface area contributed by atoms with E-state index in [0.717, 1.165) is 17.1 Å². The van der Waals surface area contributed by atoms with Crippen molar-refractivity contribution in [1.29, 1.82) is 0 Å². The van der Waals surface area contributed by atoms with E-state index >= 15 is 0 Å². The predicted molar refractivity (Wildman–Crippen MR) is 190 cm³/mol. The molecule has 0 atom stereocenters. The summed E-state index contributed by atoms with van der Waals surface area (Å²) in [5, 5.41) is 15.5. The standard InChI is InChI=1S/C33H44N3.C6H5.CH3.Ni/c1-21(2)26-15-12-16-27(22(3)4)32(26)35-31(20-25-14-10-11-19-30(25)34-9)36-33-28(23(5)6)17-13-18-29(33)24(7)8;1-2-4-6-5-3-1;;/h10-19,21-24,31H,20H2,1-9H3;1-5H;1H3;/q-3;2*-1;. The zero-order valence-electron chi connectivity index (χ0n) is 28.4. The van der Waals surface area contributed by atoms with Crippen molar-refractivity contribution in [2.24, 2.45) is 0 Å². The van der Waals surface area contributed by atoms with E-state index in [9.17, 15) is 0 Å². The maximum atomic E-state index is 5.46. The third kappa shape index (κ3) is 10.7. The molecule has 0 aliphatic rings. The van der Waals surface area contributed by atoms with E-state index < -0.39 is 0 Å². The Kier molecular flexibility index (Phi) is 16.9. The summed E-state index contributed by atoms with van der Waals surface area (Å²) in [6, 6.07) is 34.1. The Balaban J connectivity index is 0.00000108. The molecular formula is C40H52N3Ni-5. The summed E-state index contributed by atoms with van der Waals surface area (Å²) in [6.45, 7) is 18.0. The SMILES string of the molecule is C[N-]c1ccccc1CC([N-]c1c(C(C)C)cccc1C(C)C)[N-]c1c(C(C)C)cccc1C(C)C.[CH3-].[Ni].[c-]1ccccc1.